The Labute approximate surface area is 111 Å². The van der Waals surface area contributed by atoms with Crippen LogP contribution in [-0.4, -0.2) is 17.4 Å². The molecular formula is C13H15N3O3. The van der Waals surface area contributed by atoms with Gasteiger partial charge in [-0.2, -0.15) is 5.26 Å². The molecule has 19 heavy (non-hydrogen) atoms. The molecule has 0 bridgehead atoms. The molecule has 0 saturated heterocycles. The lowest BCUT2D eigenvalue weighted by atomic mass is 10.1. The van der Waals surface area contributed by atoms with E-state index in [0.29, 0.717) is 24.1 Å². The summed E-state index contributed by atoms with van der Waals surface area (Å²) in [5.41, 5.74) is 0.871. The number of carbonyl (C=O) groups excluding carboxylic acids is 1. The Bertz CT molecular complexity index is 520. The average Bonchev–Trinajstić information content (AvgIpc) is 2.37. The first-order chi connectivity index (χ1) is 9.06. The van der Waals surface area contributed by atoms with Gasteiger partial charge in [-0.15, -0.1) is 0 Å². The molecule has 0 fully saturated rings. The zero-order valence-corrected chi connectivity index (χ0v) is 10.7. The number of nitro groups is 1. The van der Waals surface area contributed by atoms with Crippen LogP contribution in [0.4, 0.5) is 5.69 Å². The largest absolute Gasteiger partial charge is 0.352 e. The average molecular weight is 261 g/mol. The van der Waals surface area contributed by atoms with E-state index in [2.05, 4.69) is 5.32 Å². The molecule has 6 nitrogen and oxygen atoms in total. The minimum atomic E-state index is -0.473. The maximum Gasteiger partial charge on any atom is 0.272 e. The van der Waals surface area contributed by atoms with Gasteiger partial charge in [0, 0.05) is 30.2 Å². The molecule has 0 heterocycles. The first-order valence-electron chi connectivity index (χ1n) is 5.96. The van der Waals surface area contributed by atoms with E-state index in [9.17, 15) is 14.9 Å². The van der Waals surface area contributed by atoms with Crippen LogP contribution in [0.5, 0.6) is 0 Å². The molecule has 0 aliphatic rings. The lowest BCUT2D eigenvalue weighted by Crippen LogP contribution is -2.24. The van der Waals surface area contributed by atoms with Crippen molar-refractivity contribution in [2.75, 3.05) is 6.54 Å². The Balaban J connectivity index is 2.56. The highest BCUT2D eigenvalue weighted by Gasteiger charge is 2.13. The van der Waals surface area contributed by atoms with Crippen LogP contribution in [0.3, 0.4) is 0 Å². The van der Waals surface area contributed by atoms with Gasteiger partial charge in [0.1, 0.15) is 0 Å². The third kappa shape index (κ3) is 4.39. The van der Waals surface area contributed by atoms with Crippen LogP contribution >= 0.6 is 0 Å². The van der Waals surface area contributed by atoms with Crippen LogP contribution in [0.2, 0.25) is 0 Å². The van der Waals surface area contributed by atoms with Gasteiger partial charge in [0.25, 0.3) is 11.6 Å². The normalized spacial score (nSPS) is 9.68. The summed E-state index contributed by atoms with van der Waals surface area (Å²) < 4.78 is 0. The van der Waals surface area contributed by atoms with Crippen LogP contribution in [0.15, 0.2) is 18.2 Å². The van der Waals surface area contributed by atoms with E-state index >= 15 is 0 Å². The van der Waals surface area contributed by atoms with Gasteiger partial charge in [-0.1, -0.05) is 0 Å². The molecule has 100 valence electrons. The van der Waals surface area contributed by atoms with Crippen molar-refractivity contribution in [1.82, 2.24) is 5.32 Å². The number of carbonyl (C=O) groups is 1. The maximum atomic E-state index is 11.8. The molecule has 0 radical (unpaired) electrons. The third-order valence-electron chi connectivity index (χ3n) is 2.66. The maximum absolute atomic E-state index is 11.8. The summed E-state index contributed by atoms with van der Waals surface area (Å²) in [7, 11) is 0. The summed E-state index contributed by atoms with van der Waals surface area (Å²) in [6, 6.07) is 6.31. The topological polar surface area (TPSA) is 96.0 Å². The van der Waals surface area contributed by atoms with Crippen LogP contribution in [0.1, 0.15) is 35.2 Å². The van der Waals surface area contributed by atoms with Gasteiger partial charge in [0.05, 0.1) is 11.0 Å². The van der Waals surface area contributed by atoms with Crippen molar-refractivity contribution >= 4 is 11.6 Å². The highest BCUT2D eigenvalue weighted by molar-refractivity contribution is 5.94. The van der Waals surface area contributed by atoms with E-state index in [-0.39, 0.29) is 11.6 Å². The van der Waals surface area contributed by atoms with Gasteiger partial charge in [-0.05, 0) is 31.9 Å². The predicted octanol–water partition coefficient (Wildman–Crippen LogP) is 2.33. The van der Waals surface area contributed by atoms with Crippen molar-refractivity contribution in [3.8, 4) is 6.07 Å². The number of unbranched alkanes of at least 4 members (excludes halogenated alkanes) is 2. The van der Waals surface area contributed by atoms with E-state index in [1.54, 1.807) is 6.92 Å². The molecule has 1 amide bonds. The molecule has 0 spiro atoms. The number of rotatable bonds is 6. The minimum Gasteiger partial charge on any atom is -0.352 e. The van der Waals surface area contributed by atoms with E-state index in [0.717, 1.165) is 12.8 Å². The van der Waals surface area contributed by atoms with E-state index in [4.69, 9.17) is 5.26 Å². The summed E-state index contributed by atoms with van der Waals surface area (Å²) in [5, 5.41) is 21.7. The summed E-state index contributed by atoms with van der Waals surface area (Å²) in [6.45, 7) is 2.10. The van der Waals surface area contributed by atoms with Crippen LogP contribution < -0.4 is 5.32 Å². The fourth-order valence-electron chi connectivity index (χ4n) is 1.63. The SMILES string of the molecule is Cc1cc(C(=O)NCCCCC#N)ccc1[N+](=O)[O-]. The van der Waals surface area contributed by atoms with Gasteiger partial charge >= 0.3 is 0 Å². The summed E-state index contributed by atoms with van der Waals surface area (Å²) in [6.07, 6.45) is 1.97. The molecule has 0 unspecified atom stereocenters. The second-order valence-electron chi connectivity index (χ2n) is 4.13. The molecule has 0 aromatic heterocycles. The Morgan fingerprint density at radius 2 is 2.21 bits per heavy atom. The van der Waals surface area contributed by atoms with Crippen molar-refractivity contribution in [2.45, 2.75) is 26.2 Å². The molecule has 0 saturated carbocycles. The quantitative estimate of drug-likeness (QED) is 0.483. The molecule has 1 rings (SSSR count). The molecular weight excluding hydrogens is 246 g/mol. The Hall–Kier alpha value is -2.42. The molecule has 1 N–H and O–H groups in total. The van der Waals surface area contributed by atoms with Crippen molar-refractivity contribution in [2.24, 2.45) is 0 Å². The zero-order chi connectivity index (χ0) is 14.3. The minimum absolute atomic E-state index is 0.00516. The van der Waals surface area contributed by atoms with E-state index in [1.165, 1.54) is 18.2 Å². The number of aryl methyl sites for hydroxylation is 1. The predicted molar refractivity (Wildman–Crippen MR) is 69.6 cm³/mol. The van der Waals surface area contributed by atoms with Crippen LogP contribution in [0.25, 0.3) is 0 Å². The summed E-state index contributed by atoms with van der Waals surface area (Å²) >= 11 is 0. The van der Waals surface area contributed by atoms with Crippen molar-refractivity contribution in [3.63, 3.8) is 0 Å². The van der Waals surface area contributed by atoms with E-state index in [1.807, 2.05) is 6.07 Å². The number of nitrogens with one attached hydrogen (secondary N) is 1. The first kappa shape index (κ1) is 14.6. The highest BCUT2D eigenvalue weighted by atomic mass is 16.6. The van der Waals surface area contributed by atoms with Gasteiger partial charge in [0.2, 0.25) is 0 Å². The molecule has 1 aromatic rings. The number of nitrogens with zero attached hydrogens (tertiary/aromatic N) is 2. The van der Waals surface area contributed by atoms with Crippen molar-refractivity contribution < 1.29 is 9.72 Å². The Kier molecular flexibility index (Phi) is 5.48. The van der Waals surface area contributed by atoms with Crippen molar-refractivity contribution in [3.05, 3.63) is 39.4 Å². The van der Waals surface area contributed by atoms with Gasteiger partial charge in [-0.3, -0.25) is 14.9 Å². The number of amides is 1. The highest BCUT2D eigenvalue weighted by Crippen LogP contribution is 2.18. The molecule has 6 heteroatoms. The monoisotopic (exact) mass is 261 g/mol. The summed E-state index contributed by atoms with van der Waals surface area (Å²) in [4.78, 5) is 21.9. The van der Waals surface area contributed by atoms with E-state index < -0.39 is 4.92 Å². The number of nitriles is 1. The lowest BCUT2D eigenvalue weighted by molar-refractivity contribution is -0.385. The molecule has 0 aliphatic heterocycles. The fourth-order valence-corrected chi connectivity index (χ4v) is 1.63. The lowest BCUT2D eigenvalue weighted by Gasteiger charge is -2.05. The second kappa shape index (κ2) is 7.11. The van der Waals surface area contributed by atoms with Crippen LogP contribution in [0, 0.1) is 28.4 Å². The fraction of sp³-hybridized carbons (Fsp3) is 0.385. The number of hydrogen-bond acceptors (Lipinski definition) is 4. The zero-order valence-electron chi connectivity index (χ0n) is 10.7. The molecule has 0 atom stereocenters. The second-order valence-corrected chi connectivity index (χ2v) is 4.13. The smallest absolute Gasteiger partial charge is 0.272 e. The third-order valence-corrected chi connectivity index (χ3v) is 2.66. The van der Waals surface area contributed by atoms with Crippen LogP contribution in [-0.2, 0) is 0 Å². The number of nitro benzene ring substituents is 1. The Morgan fingerprint density at radius 1 is 1.47 bits per heavy atom. The van der Waals surface area contributed by atoms with Crippen molar-refractivity contribution in [1.29, 1.82) is 5.26 Å². The van der Waals surface area contributed by atoms with Gasteiger partial charge < -0.3 is 5.32 Å². The van der Waals surface area contributed by atoms with Gasteiger partial charge in [0.15, 0.2) is 0 Å². The molecule has 1 aromatic carbocycles. The number of hydrogen-bond donors (Lipinski definition) is 1. The molecule has 0 aliphatic carbocycles. The standard InChI is InChI=1S/C13H15N3O3/c1-10-9-11(5-6-12(10)16(18)19)13(17)15-8-4-2-3-7-14/h5-6,9H,2-4,8H2,1H3,(H,15,17). The first-order valence-corrected chi connectivity index (χ1v) is 5.96. The number of benzene rings is 1. The summed E-state index contributed by atoms with van der Waals surface area (Å²) in [5.74, 6) is -0.255. The van der Waals surface area contributed by atoms with Gasteiger partial charge in [-0.25, -0.2) is 0 Å². The Morgan fingerprint density at radius 3 is 2.79 bits per heavy atom.